The minimum absolute atomic E-state index is 0.0225. The normalized spacial score (nSPS) is 23.5. The van der Waals surface area contributed by atoms with Gasteiger partial charge in [-0.2, -0.15) is 5.10 Å². The van der Waals surface area contributed by atoms with E-state index in [1.165, 1.54) is 12.1 Å². The topological polar surface area (TPSA) is 77.1 Å². The third kappa shape index (κ3) is 2.96. The number of hydrogen-bond acceptors (Lipinski definition) is 5. The van der Waals surface area contributed by atoms with E-state index >= 15 is 0 Å². The van der Waals surface area contributed by atoms with Crippen LogP contribution in [0, 0.1) is 0 Å². The van der Waals surface area contributed by atoms with E-state index in [2.05, 4.69) is 22.2 Å². The number of fused-ring (bicyclic) bond motifs is 1. The van der Waals surface area contributed by atoms with E-state index in [1.54, 1.807) is 0 Å². The van der Waals surface area contributed by atoms with Gasteiger partial charge in [0.25, 0.3) is 5.91 Å². The summed E-state index contributed by atoms with van der Waals surface area (Å²) in [4.78, 5) is 15.0. The number of rotatable bonds is 3. The Morgan fingerprint density at radius 1 is 1.28 bits per heavy atom. The molecule has 0 aromatic carbocycles. The van der Waals surface area contributed by atoms with Crippen LogP contribution in [0.1, 0.15) is 73.4 Å². The zero-order chi connectivity index (χ0) is 17.4. The monoisotopic (exact) mass is 343 g/mol. The lowest BCUT2D eigenvalue weighted by molar-refractivity contribution is 0.0575. The van der Waals surface area contributed by atoms with Crippen LogP contribution in [-0.4, -0.2) is 43.4 Å². The standard InChI is InChI=1S/C18H25N5O2/c1-3-16-19-20-17(25-16)14-8-6-9-22(12(14)2)18(24)15-11-13-7-4-5-10-23(13)21-15/h11-12,14H,3-10H2,1-2H3/t12-,14-/m0/s1. The van der Waals surface area contributed by atoms with Gasteiger partial charge in [0.15, 0.2) is 5.69 Å². The molecular formula is C18H25N5O2. The Labute approximate surface area is 147 Å². The Balaban J connectivity index is 1.54. The molecule has 134 valence electrons. The lowest BCUT2D eigenvalue weighted by atomic mass is 9.90. The van der Waals surface area contributed by atoms with Crippen molar-refractivity contribution in [3.05, 3.63) is 29.2 Å². The van der Waals surface area contributed by atoms with E-state index in [-0.39, 0.29) is 17.9 Å². The summed E-state index contributed by atoms with van der Waals surface area (Å²) in [6.07, 6.45) is 5.98. The molecule has 25 heavy (non-hydrogen) atoms. The molecule has 1 fully saturated rings. The van der Waals surface area contributed by atoms with Gasteiger partial charge in [-0.05, 0) is 45.1 Å². The van der Waals surface area contributed by atoms with Gasteiger partial charge in [0.1, 0.15) is 0 Å². The van der Waals surface area contributed by atoms with Crippen molar-refractivity contribution < 1.29 is 9.21 Å². The Hall–Kier alpha value is -2.18. The molecule has 0 bridgehead atoms. The largest absolute Gasteiger partial charge is 0.425 e. The predicted molar refractivity (Wildman–Crippen MR) is 91.3 cm³/mol. The highest BCUT2D eigenvalue weighted by Gasteiger charge is 2.36. The van der Waals surface area contributed by atoms with Crippen molar-refractivity contribution in [2.75, 3.05) is 6.54 Å². The van der Waals surface area contributed by atoms with Gasteiger partial charge in [-0.3, -0.25) is 9.48 Å². The molecule has 2 aromatic heterocycles. The molecule has 0 N–H and O–H groups in total. The highest BCUT2D eigenvalue weighted by Crippen LogP contribution is 2.32. The van der Waals surface area contributed by atoms with Crippen LogP contribution < -0.4 is 0 Å². The summed E-state index contributed by atoms with van der Waals surface area (Å²) >= 11 is 0. The van der Waals surface area contributed by atoms with Crippen LogP contribution in [0.2, 0.25) is 0 Å². The molecule has 0 aliphatic carbocycles. The molecule has 0 spiro atoms. The molecule has 1 saturated heterocycles. The summed E-state index contributed by atoms with van der Waals surface area (Å²) in [5, 5.41) is 12.8. The van der Waals surface area contributed by atoms with E-state index in [0.717, 1.165) is 45.2 Å². The number of hydrogen-bond donors (Lipinski definition) is 0. The minimum Gasteiger partial charge on any atom is -0.425 e. The number of aryl methyl sites for hydroxylation is 3. The zero-order valence-corrected chi connectivity index (χ0v) is 14.9. The van der Waals surface area contributed by atoms with E-state index in [0.29, 0.717) is 17.5 Å². The lowest BCUT2D eigenvalue weighted by Crippen LogP contribution is -2.46. The number of carbonyl (C=O) groups excluding carboxylic acids is 1. The highest BCUT2D eigenvalue weighted by molar-refractivity contribution is 5.92. The van der Waals surface area contributed by atoms with Gasteiger partial charge in [-0.25, -0.2) is 0 Å². The average molecular weight is 343 g/mol. The molecule has 7 heteroatoms. The third-order valence-corrected chi connectivity index (χ3v) is 5.49. The second-order valence-corrected chi connectivity index (χ2v) is 7.08. The smallest absolute Gasteiger partial charge is 0.274 e. The van der Waals surface area contributed by atoms with Crippen molar-refractivity contribution in [1.29, 1.82) is 0 Å². The summed E-state index contributed by atoms with van der Waals surface area (Å²) in [5.74, 6) is 1.44. The van der Waals surface area contributed by atoms with Crippen LogP contribution in [0.25, 0.3) is 0 Å². The first-order chi connectivity index (χ1) is 12.2. The molecule has 4 heterocycles. The summed E-state index contributed by atoms with van der Waals surface area (Å²) < 4.78 is 7.76. The number of carbonyl (C=O) groups is 1. The highest BCUT2D eigenvalue weighted by atomic mass is 16.4. The maximum atomic E-state index is 13.0. The van der Waals surface area contributed by atoms with E-state index in [9.17, 15) is 4.79 Å². The van der Waals surface area contributed by atoms with Gasteiger partial charge in [-0.1, -0.05) is 6.92 Å². The Morgan fingerprint density at radius 2 is 2.16 bits per heavy atom. The summed E-state index contributed by atoms with van der Waals surface area (Å²) in [6.45, 7) is 5.75. The first kappa shape index (κ1) is 16.3. The van der Waals surface area contributed by atoms with Gasteiger partial charge in [0.05, 0.1) is 5.92 Å². The molecule has 0 saturated carbocycles. The van der Waals surface area contributed by atoms with Crippen LogP contribution in [0.3, 0.4) is 0 Å². The predicted octanol–water partition coefficient (Wildman–Crippen LogP) is 2.57. The Morgan fingerprint density at radius 3 is 2.92 bits per heavy atom. The molecule has 0 unspecified atom stereocenters. The van der Waals surface area contributed by atoms with Crippen LogP contribution in [0.15, 0.2) is 10.5 Å². The van der Waals surface area contributed by atoms with Gasteiger partial charge in [0, 0.05) is 31.2 Å². The fourth-order valence-electron chi connectivity index (χ4n) is 3.99. The number of nitrogens with zero attached hydrogens (tertiary/aromatic N) is 5. The van der Waals surface area contributed by atoms with Crippen LogP contribution in [0.4, 0.5) is 0 Å². The summed E-state index contributed by atoms with van der Waals surface area (Å²) in [5.41, 5.74) is 1.75. The fourth-order valence-corrected chi connectivity index (χ4v) is 3.99. The van der Waals surface area contributed by atoms with Crippen LogP contribution in [-0.2, 0) is 19.4 Å². The summed E-state index contributed by atoms with van der Waals surface area (Å²) in [6, 6.07) is 2.00. The first-order valence-electron chi connectivity index (χ1n) is 9.37. The first-order valence-corrected chi connectivity index (χ1v) is 9.37. The second kappa shape index (κ2) is 6.61. The molecule has 2 aliphatic rings. The maximum Gasteiger partial charge on any atom is 0.274 e. The number of likely N-dealkylation sites (tertiary alicyclic amines) is 1. The van der Waals surface area contributed by atoms with E-state index < -0.39 is 0 Å². The average Bonchev–Trinajstić information content (AvgIpc) is 3.28. The molecule has 4 rings (SSSR count). The molecule has 2 aromatic rings. The van der Waals surface area contributed by atoms with Gasteiger partial charge < -0.3 is 9.32 Å². The third-order valence-electron chi connectivity index (χ3n) is 5.49. The maximum absolute atomic E-state index is 13.0. The molecule has 2 atom stereocenters. The number of aromatic nitrogens is 4. The van der Waals surface area contributed by atoms with Crippen LogP contribution in [0.5, 0.6) is 0 Å². The van der Waals surface area contributed by atoms with Crippen molar-refractivity contribution in [3.8, 4) is 0 Å². The summed E-state index contributed by atoms with van der Waals surface area (Å²) in [7, 11) is 0. The van der Waals surface area contributed by atoms with Crippen molar-refractivity contribution in [2.24, 2.45) is 0 Å². The zero-order valence-electron chi connectivity index (χ0n) is 14.9. The Kier molecular flexibility index (Phi) is 4.31. The minimum atomic E-state index is 0.0225. The molecule has 0 radical (unpaired) electrons. The van der Waals surface area contributed by atoms with E-state index in [1.807, 2.05) is 22.6 Å². The van der Waals surface area contributed by atoms with Crippen molar-refractivity contribution in [1.82, 2.24) is 24.9 Å². The molecular weight excluding hydrogens is 318 g/mol. The Bertz CT molecular complexity index is 742. The van der Waals surface area contributed by atoms with E-state index in [4.69, 9.17) is 4.42 Å². The van der Waals surface area contributed by atoms with Gasteiger partial charge in [0.2, 0.25) is 11.8 Å². The van der Waals surface area contributed by atoms with Crippen LogP contribution >= 0.6 is 0 Å². The quantitative estimate of drug-likeness (QED) is 0.856. The fraction of sp³-hybridized carbons (Fsp3) is 0.667. The number of piperidine rings is 1. The second-order valence-electron chi connectivity index (χ2n) is 7.08. The molecule has 2 aliphatic heterocycles. The van der Waals surface area contributed by atoms with Gasteiger partial charge >= 0.3 is 0 Å². The number of amides is 1. The van der Waals surface area contributed by atoms with Crippen molar-refractivity contribution >= 4 is 5.91 Å². The van der Waals surface area contributed by atoms with Crippen molar-refractivity contribution in [2.45, 2.75) is 70.9 Å². The van der Waals surface area contributed by atoms with Gasteiger partial charge in [-0.15, -0.1) is 10.2 Å². The van der Waals surface area contributed by atoms with Crippen molar-refractivity contribution in [3.63, 3.8) is 0 Å². The molecule has 7 nitrogen and oxygen atoms in total. The lowest BCUT2D eigenvalue weighted by Gasteiger charge is -2.37. The SMILES string of the molecule is CCc1nnc([C@H]2CCCN(C(=O)c3cc4n(n3)CCCC4)[C@H]2C)o1. The molecule has 1 amide bonds.